The van der Waals surface area contributed by atoms with Crippen LogP contribution in [0.4, 0.5) is 5.13 Å². The number of nitrogens with one attached hydrogen (secondary N) is 3. The highest BCUT2D eigenvalue weighted by Gasteiger charge is 2.25. The van der Waals surface area contributed by atoms with E-state index in [-0.39, 0.29) is 18.4 Å². The van der Waals surface area contributed by atoms with Crippen LogP contribution in [0.5, 0.6) is 0 Å². The number of halogens is 1. The van der Waals surface area contributed by atoms with Gasteiger partial charge in [-0.15, -0.1) is 11.3 Å². The zero-order valence-corrected chi connectivity index (χ0v) is 16.3. The molecular weight excluding hydrogens is 424 g/mol. The van der Waals surface area contributed by atoms with Crippen LogP contribution < -0.4 is 10.6 Å². The first-order chi connectivity index (χ1) is 12.4. The van der Waals surface area contributed by atoms with Crippen molar-refractivity contribution in [1.82, 2.24) is 15.3 Å². The Labute approximate surface area is 161 Å². The predicted octanol–water partition coefficient (Wildman–Crippen LogP) is 2.02. The largest absolute Gasteiger partial charge is 0.469 e. The monoisotopic (exact) mass is 440 g/mol. The summed E-state index contributed by atoms with van der Waals surface area (Å²) in [5.74, 6) is -1.20. The Morgan fingerprint density at radius 2 is 2.27 bits per heavy atom. The minimum Gasteiger partial charge on any atom is -0.469 e. The number of aryl methyl sites for hydroxylation is 1. The maximum atomic E-state index is 12.2. The summed E-state index contributed by atoms with van der Waals surface area (Å²) in [5, 5.41) is 6.09. The van der Waals surface area contributed by atoms with E-state index >= 15 is 0 Å². The van der Waals surface area contributed by atoms with Crippen LogP contribution in [0.3, 0.4) is 0 Å². The van der Waals surface area contributed by atoms with Crippen molar-refractivity contribution < 1.29 is 19.1 Å². The van der Waals surface area contributed by atoms with Crippen LogP contribution in [0, 0.1) is 0 Å². The molecule has 2 aromatic heterocycles. The molecule has 8 nitrogen and oxygen atoms in total. The van der Waals surface area contributed by atoms with Crippen molar-refractivity contribution >= 4 is 50.2 Å². The fourth-order valence-electron chi connectivity index (χ4n) is 2.68. The lowest BCUT2D eigenvalue weighted by Crippen LogP contribution is -2.38. The molecule has 138 valence electrons. The van der Waals surface area contributed by atoms with Crippen LogP contribution in [0.2, 0.25) is 0 Å². The summed E-state index contributed by atoms with van der Waals surface area (Å²) in [7, 11) is 1.23. The van der Waals surface area contributed by atoms with Gasteiger partial charge >= 0.3 is 5.97 Å². The number of thiazole rings is 1. The van der Waals surface area contributed by atoms with Gasteiger partial charge < -0.3 is 20.4 Å². The van der Waals surface area contributed by atoms with E-state index < -0.39 is 11.9 Å². The number of aromatic nitrogens is 2. The number of fused-ring (bicyclic) bond motifs is 1. The summed E-state index contributed by atoms with van der Waals surface area (Å²) in [5.41, 5.74) is 1.43. The average molecular weight is 441 g/mol. The molecule has 0 aliphatic heterocycles. The molecular formula is C16H17BrN4O4S. The van der Waals surface area contributed by atoms with Crippen molar-refractivity contribution in [2.45, 2.75) is 31.7 Å². The number of carbonyl (C=O) groups is 3. The number of hydrogen-bond donors (Lipinski definition) is 3. The van der Waals surface area contributed by atoms with Crippen molar-refractivity contribution in [3.05, 3.63) is 33.0 Å². The van der Waals surface area contributed by atoms with Crippen LogP contribution in [-0.2, 0) is 27.2 Å². The van der Waals surface area contributed by atoms with E-state index in [9.17, 15) is 14.4 Å². The number of amides is 2. The van der Waals surface area contributed by atoms with E-state index in [0.29, 0.717) is 17.2 Å². The Kier molecular flexibility index (Phi) is 5.72. The second-order valence-electron chi connectivity index (χ2n) is 5.83. The fourth-order valence-corrected chi connectivity index (χ4v) is 4.13. The molecule has 1 aliphatic carbocycles. The number of hydrogen-bond acceptors (Lipinski definition) is 6. The van der Waals surface area contributed by atoms with E-state index in [4.69, 9.17) is 0 Å². The molecule has 2 aromatic rings. The van der Waals surface area contributed by atoms with Crippen molar-refractivity contribution in [2.75, 3.05) is 12.4 Å². The summed E-state index contributed by atoms with van der Waals surface area (Å²) in [6.07, 6.45) is 3.52. The average Bonchev–Trinajstić information content (AvgIpc) is 3.19. The number of methoxy groups -OCH3 is 1. The SMILES string of the molecule is COC(=O)CC(=O)Nc1nc2c(s1)C[C@@H](NC(=O)c1cc(Br)c[nH]1)CC2. The van der Waals surface area contributed by atoms with E-state index in [1.807, 2.05) is 0 Å². The number of H-pyrrole nitrogens is 1. The van der Waals surface area contributed by atoms with Gasteiger partial charge in [-0.05, 0) is 34.8 Å². The molecule has 1 atom stereocenters. The maximum absolute atomic E-state index is 12.2. The highest BCUT2D eigenvalue weighted by molar-refractivity contribution is 9.10. The van der Waals surface area contributed by atoms with E-state index in [1.165, 1.54) is 18.4 Å². The Morgan fingerprint density at radius 3 is 2.96 bits per heavy atom. The third-order valence-corrected chi connectivity index (χ3v) is 5.44. The molecule has 0 aromatic carbocycles. The van der Waals surface area contributed by atoms with Gasteiger partial charge in [-0.25, -0.2) is 4.98 Å². The zero-order chi connectivity index (χ0) is 18.7. The predicted molar refractivity (Wildman–Crippen MR) is 99.1 cm³/mol. The van der Waals surface area contributed by atoms with Crippen molar-refractivity contribution in [3.8, 4) is 0 Å². The van der Waals surface area contributed by atoms with Gasteiger partial charge in [0.1, 0.15) is 12.1 Å². The van der Waals surface area contributed by atoms with E-state index in [1.54, 1.807) is 12.3 Å². The standard InChI is InChI=1S/C16H17BrN4O4S/c1-25-14(23)6-13(22)21-16-20-10-3-2-9(5-12(10)26-16)19-15(24)11-4-8(17)7-18-11/h4,7,9,18H,2-3,5-6H2,1H3,(H,19,24)(H,20,21,22)/t9-/m0/s1. The summed E-state index contributed by atoms with van der Waals surface area (Å²) < 4.78 is 5.29. The molecule has 0 saturated heterocycles. The number of aromatic amines is 1. The molecule has 26 heavy (non-hydrogen) atoms. The number of ether oxygens (including phenoxy) is 1. The molecule has 3 N–H and O–H groups in total. The van der Waals surface area contributed by atoms with Gasteiger partial charge in [0.05, 0.1) is 12.8 Å². The maximum Gasteiger partial charge on any atom is 0.315 e. The first-order valence-corrected chi connectivity index (χ1v) is 9.55. The molecule has 3 rings (SSSR count). The van der Waals surface area contributed by atoms with E-state index in [0.717, 1.165) is 27.9 Å². The second-order valence-corrected chi connectivity index (χ2v) is 7.83. The molecule has 0 bridgehead atoms. The molecule has 0 spiro atoms. The second kappa shape index (κ2) is 8.00. The first kappa shape index (κ1) is 18.6. The molecule has 10 heteroatoms. The fraction of sp³-hybridized carbons (Fsp3) is 0.375. The molecule has 0 saturated carbocycles. The lowest BCUT2D eigenvalue weighted by atomic mass is 9.97. The van der Waals surface area contributed by atoms with Crippen molar-refractivity contribution in [1.29, 1.82) is 0 Å². The number of esters is 1. The van der Waals surface area contributed by atoms with Gasteiger partial charge in [0, 0.05) is 28.0 Å². The Hall–Kier alpha value is -2.20. The molecule has 1 aliphatic rings. The molecule has 2 heterocycles. The van der Waals surface area contributed by atoms with Crippen LogP contribution >= 0.6 is 27.3 Å². The molecule has 0 unspecified atom stereocenters. The minimum atomic E-state index is -0.595. The van der Waals surface area contributed by atoms with E-state index in [2.05, 4.69) is 41.3 Å². The van der Waals surface area contributed by atoms with Crippen LogP contribution in [0.25, 0.3) is 0 Å². The Bertz CT molecular complexity index is 847. The zero-order valence-electron chi connectivity index (χ0n) is 13.9. The minimum absolute atomic E-state index is 0.0103. The highest BCUT2D eigenvalue weighted by atomic mass is 79.9. The summed E-state index contributed by atoms with van der Waals surface area (Å²) in [4.78, 5) is 43.5. The lowest BCUT2D eigenvalue weighted by Gasteiger charge is -2.22. The van der Waals surface area contributed by atoms with Gasteiger partial charge in [0.2, 0.25) is 5.91 Å². The quantitative estimate of drug-likeness (QED) is 0.486. The third-order valence-electron chi connectivity index (χ3n) is 3.95. The van der Waals surface area contributed by atoms with Gasteiger partial charge in [-0.1, -0.05) is 0 Å². The van der Waals surface area contributed by atoms with Crippen LogP contribution in [0.15, 0.2) is 16.7 Å². The number of rotatable bonds is 5. The smallest absolute Gasteiger partial charge is 0.315 e. The van der Waals surface area contributed by atoms with Gasteiger partial charge in [-0.3, -0.25) is 14.4 Å². The highest BCUT2D eigenvalue weighted by Crippen LogP contribution is 2.30. The summed E-state index contributed by atoms with van der Waals surface area (Å²) in [6, 6.07) is 1.74. The summed E-state index contributed by atoms with van der Waals surface area (Å²) >= 11 is 4.67. The van der Waals surface area contributed by atoms with Crippen molar-refractivity contribution in [2.24, 2.45) is 0 Å². The Morgan fingerprint density at radius 1 is 1.46 bits per heavy atom. The van der Waals surface area contributed by atoms with Gasteiger partial charge in [-0.2, -0.15) is 0 Å². The Balaban J connectivity index is 1.58. The number of nitrogens with zero attached hydrogens (tertiary/aromatic N) is 1. The third kappa shape index (κ3) is 4.50. The van der Waals surface area contributed by atoms with Crippen LogP contribution in [0.1, 0.15) is 33.9 Å². The molecule has 0 fully saturated rings. The number of anilines is 1. The van der Waals surface area contributed by atoms with Crippen molar-refractivity contribution in [3.63, 3.8) is 0 Å². The summed E-state index contributed by atoms with van der Waals surface area (Å²) in [6.45, 7) is 0. The topological polar surface area (TPSA) is 113 Å². The number of carbonyl (C=O) groups excluding carboxylic acids is 3. The van der Waals surface area contributed by atoms with Gasteiger partial charge in [0.25, 0.3) is 5.91 Å². The first-order valence-electron chi connectivity index (χ1n) is 7.94. The normalized spacial score (nSPS) is 15.8. The van der Waals surface area contributed by atoms with Gasteiger partial charge in [0.15, 0.2) is 5.13 Å². The lowest BCUT2D eigenvalue weighted by molar-refractivity contribution is -0.142. The molecule has 2 amide bonds. The molecule has 0 radical (unpaired) electrons. The van der Waals surface area contributed by atoms with Crippen LogP contribution in [-0.4, -0.2) is 40.9 Å².